The Hall–Kier alpha value is 0.387. The average molecular weight is 529 g/mol. The highest BCUT2D eigenvalue weighted by molar-refractivity contribution is 7.09. The third kappa shape index (κ3) is 8.18. The fourth-order valence-corrected chi connectivity index (χ4v) is 10.5. The molecule has 3 rings (SSSR count). The van der Waals surface area contributed by atoms with E-state index in [0.29, 0.717) is 53.3 Å². The van der Waals surface area contributed by atoms with Crippen LogP contribution in [-0.2, 0) is 13.3 Å². The highest BCUT2D eigenvalue weighted by atomic mass is 35.6. The first-order chi connectivity index (χ1) is 16.4. The van der Waals surface area contributed by atoms with Crippen LogP contribution in [0.5, 0.6) is 0 Å². The van der Waals surface area contributed by atoms with Gasteiger partial charge in [-0.25, -0.2) is 0 Å². The zero-order chi connectivity index (χ0) is 25.9. The van der Waals surface area contributed by atoms with Gasteiger partial charge in [0.15, 0.2) is 0 Å². The standard InChI is InChI=1S/C30H57ClO3Si/c1-19(2)25-13-10-22(7)16-28(25)32-35(31,33-29-17-23(8)11-14-26(29)20(3)4)34-30-18-24(9)12-15-27(30)21(5)6/h19-30H,10-18H2,1-9H3/t22-,23-,24-,25+,26+,27+,28-,29-,30-/m1/s1. The molecule has 0 N–H and O–H groups in total. The third-order valence-corrected chi connectivity index (χ3v) is 12.3. The molecule has 5 heteroatoms. The van der Waals surface area contributed by atoms with Gasteiger partial charge in [0.05, 0.1) is 18.3 Å². The van der Waals surface area contributed by atoms with E-state index in [4.69, 9.17) is 24.4 Å². The van der Waals surface area contributed by atoms with Gasteiger partial charge in [0.2, 0.25) is 0 Å². The molecule has 0 spiro atoms. The fourth-order valence-electron chi connectivity index (χ4n) is 7.38. The van der Waals surface area contributed by atoms with Gasteiger partial charge in [-0.05, 0) is 91.8 Å². The van der Waals surface area contributed by atoms with Gasteiger partial charge < -0.3 is 13.3 Å². The monoisotopic (exact) mass is 528 g/mol. The van der Waals surface area contributed by atoms with Gasteiger partial charge in [-0.2, -0.15) is 0 Å². The van der Waals surface area contributed by atoms with Crippen LogP contribution in [-0.4, -0.2) is 26.4 Å². The quantitative estimate of drug-likeness (QED) is 0.220. The smallest absolute Gasteiger partial charge is 0.358 e. The van der Waals surface area contributed by atoms with Crippen LogP contribution in [0.4, 0.5) is 0 Å². The lowest BCUT2D eigenvalue weighted by Gasteiger charge is -2.46. The van der Waals surface area contributed by atoms with Crippen molar-refractivity contribution >= 4 is 19.2 Å². The summed E-state index contributed by atoms with van der Waals surface area (Å²) < 4.78 is 21.0. The summed E-state index contributed by atoms with van der Waals surface area (Å²) in [6, 6.07) is 0. The molecule has 0 saturated heterocycles. The molecule has 0 aromatic heterocycles. The second-order valence-electron chi connectivity index (χ2n) is 13.9. The Morgan fingerprint density at radius 3 is 1.00 bits per heavy atom. The van der Waals surface area contributed by atoms with Crippen molar-refractivity contribution in [2.75, 3.05) is 0 Å². The molecule has 0 aliphatic heterocycles. The maximum Gasteiger partial charge on any atom is 0.614 e. The summed E-state index contributed by atoms with van der Waals surface area (Å²) in [4.78, 5) is 0. The van der Waals surface area contributed by atoms with Crippen LogP contribution in [0.2, 0.25) is 0 Å². The van der Waals surface area contributed by atoms with Crippen molar-refractivity contribution in [2.45, 2.75) is 138 Å². The SMILES string of the molecule is CC(C)[C@@H]1CC[C@@H](C)C[C@H]1O[Si](Cl)(O[C@@H]1C[C@H](C)CC[C@H]1C(C)C)O[C@@H]1C[C@H](C)CC[C@H]1C(C)C. The van der Waals surface area contributed by atoms with Crippen molar-refractivity contribution in [1.29, 1.82) is 0 Å². The molecule has 35 heavy (non-hydrogen) atoms. The van der Waals surface area contributed by atoms with E-state index < -0.39 is 8.11 Å². The Bertz CT molecular complexity index is 558. The second kappa shape index (κ2) is 13.0. The van der Waals surface area contributed by atoms with E-state index in [-0.39, 0.29) is 18.3 Å². The minimum Gasteiger partial charge on any atom is -0.358 e. The zero-order valence-corrected chi connectivity index (χ0v) is 26.2. The highest BCUT2D eigenvalue weighted by Gasteiger charge is 2.52. The van der Waals surface area contributed by atoms with Crippen molar-refractivity contribution in [3.63, 3.8) is 0 Å². The molecule has 3 fully saturated rings. The molecular weight excluding hydrogens is 472 g/mol. The van der Waals surface area contributed by atoms with Crippen LogP contribution in [0, 0.1) is 53.3 Å². The predicted molar refractivity (Wildman–Crippen MR) is 150 cm³/mol. The van der Waals surface area contributed by atoms with Crippen molar-refractivity contribution < 1.29 is 13.3 Å². The van der Waals surface area contributed by atoms with Gasteiger partial charge in [0.25, 0.3) is 0 Å². The largest absolute Gasteiger partial charge is 0.614 e. The van der Waals surface area contributed by atoms with Crippen molar-refractivity contribution in [3.8, 4) is 0 Å². The van der Waals surface area contributed by atoms with Gasteiger partial charge in [0.1, 0.15) is 0 Å². The van der Waals surface area contributed by atoms with Crippen LogP contribution in [0.15, 0.2) is 0 Å². The molecule has 3 nitrogen and oxygen atoms in total. The Balaban J connectivity index is 1.88. The second-order valence-corrected chi connectivity index (χ2v) is 17.0. The molecule has 0 aromatic carbocycles. The van der Waals surface area contributed by atoms with Gasteiger partial charge >= 0.3 is 8.11 Å². The number of hydrogen-bond acceptors (Lipinski definition) is 3. The van der Waals surface area contributed by atoms with Crippen LogP contribution < -0.4 is 0 Å². The molecular formula is C30H57ClO3Si. The first-order valence-electron chi connectivity index (χ1n) is 15.1. The maximum absolute atomic E-state index is 7.56. The van der Waals surface area contributed by atoms with E-state index in [1.54, 1.807) is 0 Å². The summed E-state index contributed by atoms with van der Waals surface area (Å²) >= 11 is 7.56. The van der Waals surface area contributed by atoms with Crippen molar-refractivity contribution in [1.82, 2.24) is 0 Å². The number of hydrogen-bond donors (Lipinski definition) is 0. The van der Waals surface area contributed by atoms with Crippen LogP contribution in [0.3, 0.4) is 0 Å². The normalized spacial score (nSPS) is 39.5. The van der Waals surface area contributed by atoms with Crippen molar-refractivity contribution in [2.24, 2.45) is 53.3 Å². The summed E-state index contributed by atoms with van der Waals surface area (Å²) in [5, 5.41) is 0. The summed E-state index contributed by atoms with van der Waals surface area (Å²) in [5.74, 6) is 5.34. The van der Waals surface area contributed by atoms with E-state index >= 15 is 0 Å². The minimum atomic E-state index is -3.39. The molecule has 0 aromatic rings. The topological polar surface area (TPSA) is 27.7 Å². The lowest BCUT2D eigenvalue weighted by molar-refractivity contribution is -0.0834. The molecule has 206 valence electrons. The Kier molecular flexibility index (Phi) is 11.1. The minimum absolute atomic E-state index is 0.139. The van der Waals surface area contributed by atoms with Gasteiger partial charge in [-0.1, -0.05) is 92.7 Å². The third-order valence-electron chi connectivity index (χ3n) is 9.76. The molecule has 0 bridgehead atoms. The number of rotatable bonds is 9. The highest BCUT2D eigenvalue weighted by Crippen LogP contribution is 2.44. The van der Waals surface area contributed by atoms with E-state index in [0.717, 1.165) is 19.3 Å². The van der Waals surface area contributed by atoms with Crippen LogP contribution >= 0.6 is 11.1 Å². The van der Waals surface area contributed by atoms with E-state index in [2.05, 4.69) is 62.3 Å². The van der Waals surface area contributed by atoms with Gasteiger partial charge in [0, 0.05) is 0 Å². The van der Waals surface area contributed by atoms with E-state index in [1.807, 2.05) is 0 Å². The lowest BCUT2D eigenvalue weighted by Crippen LogP contribution is -2.54. The summed E-state index contributed by atoms with van der Waals surface area (Å²) in [7, 11) is -3.39. The van der Waals surface area contributed by atoms with E-state index in [1.165, 1.54) is 38.5 Å². The molecule has 0 radical (unpaired) electrons. The fraction of sp³-hybridized carbons (Fsp3) is 1.00. The van der Waals surface area contributed by atoms with Gasteiger partial charge in [-0.15, -0.1) is 0 Å². The molecule has 0 unspecified atom stereocenters. The summed E-state index contributed by atoms with van der Waals surface area (Å²) in [5.41, 5.74) is 0. The molecule has 0 amide bonds. The molecule has 3 saturated carbocycles. The van der Waals surface area contributed by atoms with E-state index in [9.17, 15) is 0 Å². The Labute approximate surface area is 223 Å². The Morgan fingerprint density at radius 1 is 0.514 bits per heavy atom. The molecule has 9 atom stereocenters. The maximum atomic E-state index is 7.56. The lowest BCUT2D eigenvalue weighted by atomic mass is 9.75. The number of halogens is 1. The zero-order valence-electron chi connectivity index (χ0n) is 24.4. The Morgan fingerprint density at radius 2 is 0.771 bits per heavy atom. The molecule has 3 aliphatic rings. The molecule has 3 aliphatic carbocycles. The first kappa shape index (κ1) is 29.9. The molecule has 0 heterocycles. The summed E-state index contributed by atoms with van der Waals surface area (Å²) in [6.07, 6.45) is 11.1. The first-order valence-corrected chi connectivity index (χ1v) is 17.8. The summed E-state index contributed by atoms with van der Waals surface area (Å²) in [6.45, 7) is 21.1. The van der Waals surface area contributed by atoms with Crippen molar-refractivity contribution in [3.05, 3.63) is 0 Å². The van der Waals surface area contributed by atoms with Gasteiger partial charge in [-0.3, -0.25) is 0 Å². The van der Waals surface area contributed by atoms with Crippen LogP contribution in [0.1, 0.15) is 120 Å². The predicted octanol–water partition coefficient (Wildman–Crippen LogP) is 9.09. The average Bonchev–Trinajstić information content (AvgIpc) is 2.72. The van der Waals surface area contributed by atoms with Crippen LogP contribution in [0.25, 0.3) is 0 Å².